The van der Waals surface area contributed by atoms with Gasteiger partial charge in [0.25, 0.3) is 0 Å². The van der Waals surface area contributed by atoms with Crippen molar-refractivity contribution in [2.24, 2.45) is 5.92 Å². The lowest BCUT2D eigenvalue weighted by Crippen LogP contribution is -2.40. The zero-order valence-corrected chi connectivity index (χ0v) is 12.3. The molecule has 1 aromatic carbocycles. The maximum atomic E-state index is 12.8. The van der Waals surface area contributed by atoms with Crippen molar-refractivity contribution >= 4 is 17.6 Å². The molecule has 2 rings (SSSR count). The predicted octanol–water partition coefficient (Wildman–Crippen LogP) is 3.46. The van der Waals surface area contributed by atoms with Crippen molar-refractivity contribution in [1.29, 1.82) is 0 Å². The number of carbonyl (C=O) groups is 2. The highest BCUT2D eigenvalue weighted by molar-refractivity contribution is 5.98. The fraction of sp³-hybridized carbons (Fsp3) is 0.529. The number of para-hydroxylation sites is 1. The molecule has 1 saturated carbocycles. The van der Waals surface area contributed by atoms with Crippen molar-refractivity contribution < 1.29 is 14.7 Å². The first-order valence-electron chi connectivity index (χ1n) is 7.76. The molecule has 0 atom stereocenters. The first-order chi connectivity index (χ1) is 10.2. The van der Waals surface area contributed by atoms with E-state index in [0.717, 1.165) is 25.7 Å². The monoisotopic (exact) mass is 289 g/mol. The maximum Gasteiger partial charge on any atom is 0.323 e. The number of nitrogens with zero attached hydrogens (tertiary/aromatic N) is 1. The second kappa shape index (κ2) is 7.81. The minimum absolute atomic E-state index is 0.0366. The number of aliphatic carboxylic acids is 1. The van der Waals surface area contributed by atoms with Crippen LogP contribution >= 0.6 is 0 Å². The number of anilines is 1. The van der Waals surface area contributed by atoms with E-state index in [9.17, 15) is 9.59 Å². The second-order valence-corrected chi connectivity index (χ2v) is 5.70. The molecule has 1 aromatic rings. The molecule has 0 saturated heterocycles. The van der Waals surface area contributed by atoms with Crippen LogP contribution in [0, 0.1) is 5.92 Å². The summed E-state index contributed by atoms with van der Waals surface area (Å²) in [5.74, 6) is -1.05. The zero-order chi connectivity index (χ0) is 15.1. The van der Waals surface area contributed by atoms with Crippen LogP contribution in [0.1, 0.15) is 44.9 Å². The highest BCUT2D eigenvalue weighted by atomic mass is 16.4. The van der Waals surface area contributed by atoms with E-state index in [1.807, 2.05) is 18.2 Å². The number of rotatable bonds is 4. The summed E-state index contributed by atoms with van der Waals surface area (Å²) in [6.07, 6.45) is 7.47. The number of carboxylic acids is 1. The zero-order valence-electron chi connectivity index (χ0n) is 12.3. The number of carbonyl (C=O) groups excluding carboxylic acids is 1. The van der Waals surface area contributed by atoms with Crippen LogP contribution in [0.3, 0.4) is 0 Å². The third kappa shape index (κ3) is 4.59. The standard InChI is InChI=1S/C17H23NO3/c19-16(20)13-18(15-11-7-4-8-12-15)17(21)14-9-5-2-1-3-6-10-14/h4,7-8,11-12,14H,1-3,5-6,9-10,13H2,(H,19,20). The van der Waals surface area contributed by atoms with Gasteiger partial charge in [-0.25, -0.2) is 0 Å². The average Bonchev–Trinajstić information content (AvgIpc) is 2.44. The summed E-state index contributed by atoms with van der Waals surface area (Å²) in [6, 6.07) is 9.11. The van der Waals surface area contributed by atoms with Crippen LogP contribution in [0.5, 0.6) is 0 Å². The van der Waals surface area contributed by atoms with Crippen molar-refractivity contribution in [2.45, 2.75) is 44.9 Å². The molecule has 1 N–H and O–H groups in total. The van der Waals surface area contributed by atoms with E-state index in [0.29, 0.717) is 5.69 Å². The average molecular weight is 289 g/mol. The Kier molecular flexibility index (Phi) is 5.78. The summed E-state index contributed by atoms with van der Waals surface area (Å²) in [5.41, 5.74) is 0.673. The number of hydrogen-bond acceptors (Lipinski definition) is 2. The Labute approximate surface area is 125 Å². The van der Waals surface area contributed by atoms with Crippen LogP contribution in [-0.4, -0.2) is 23.5 Å². The van der Waals surface area contributed by atoms with Crippen molar-refractivity contribution in [2.75, 3.05) is 11.4 Å². The Bertz CT molecular complexity index is 464. The molecular formula is C17H23NO3. The minimum atomic E-state index is -0.974. The van der Waals surface area contributed by atoms with Gasteiger partial charge in [0.2, 0.25) is 5.91 Å². The quantitative estimate of drug-likeness (QED) is 0.923. The fourth-order valence-electron chi connectivity index (χ4n) is 2.96. The van der Waals surface area contributed by atoms with Gasteiger partial charge in [-0.15, -0.1) is 0 Å². The van der Waals surface area contributed by atoms with Gasteiger partial charge in [-0.2, -0.15) is 0 Å². The van der Waals surface area contributed by atoms with Crippen molar-refractivity contribution in [1.82, 2.24) is 0 Å². The van der Waals surface area contributed by atoms with Crippen molar-refractivity contribution in [3.63, 3.8) is 0 Å². The summed E-state index contributed by atoms with van der Waals surface area (Å²) in [5, 5.41) is 9.10. The van der Waals surface area contributed by atoms with E-state index >= 15 is 0 Å². The van der Waals surface area contributed by atoms with Crippen LogP contribution < -0.4 is 4.90 Å². The first-order valence-corrected chi connectivity index (χ1v) is 7.76. The van der Waals surface area contributed by atoms with Gasteiger partial charge >= 0.3 is 5.97 Å². The molecule has 4 heteroatoms. The van der Waals surface area contributed by atoms with Gasteiger partial charge in [-0.1, -0.05) is 50.3 Å². The largest absolute Gasteiger partial charge is 0.480 e. The van der Waals surface area contributed by atoms with Crippen LogP contribution in [0.4, 0.5) is 5.69 Å². The number of carboxylic acid groups (broad SMARTS) is 1. The van der Waals surface area contributed by atoms with E-state index in [4.69, 9.17) is 5.11 Å². The van der Waals surface area contributed by atoms with Gasteiger partial charge in [0, 0.05) is 11.6 Å². The smallest absolute Gasteiger partial charge is 0.323 e. The SMILES string of the molecule is O=C(O)CN(C(=O)C1CCCCCCC1)c1ccccc1. The molecule has 0 aromatic heterocycles. The molecule has 0 unspecified atom stereocenters. The fourth-order valence-corrected chi connectivity index (χ4v) is 2.96. The highest BCUT2D eigenvalue weighted by Gasteiger charge is 2.27. The van der Waals surface area contributed by atoms with Gasteiger partial charge in [0.15, 0.2) is 0 Å². The van der Waals surface area contributed by atoms with Gasteiger partial charge in [0.1, 0.15) is 6.54 Å². The molecule has 114 valence electrons. The predicted molar refractivity (Wildman–Crippen MR) is 82.2 cm³/mol. The van der Waals surface area contributed by atoms with Crippen LogP contribution in [0.25, 0.3) is 0 Å². The van der Waals surface area contributed by atoms with E-state index in [-0.39, 0.29) is 18.4 Å². The van der Waals surface area contributed by atoms with E-state index in [2.05, 4.69) is 0 Å². The number of hydrogen-bond donors (Lipinski definition) is 1. The Morgan fingerprint density at radius 3 is 2.14 bits per heavy atom. The Hall–Kier alpha value is -1.84. The summed E-state index contributed by atoms with van der Waals surface area (Å²) < 4.78 is 0. The Balaban J connectivity index is 2.14. The molecule has 0 heterocycles. The van der Waals surface area contributed by atoms with E-state index < -0.39 is 5.97 Å². The molecule has 4 nitrogen and oxygen atoms in total. The lowest BCUT2D eigenvalue weighted by Gasteiger charge is -2.27. The number of amides is 1. The summed E-state index contributed by atoms with van der Waals surface area (Å²) in [7, 11) is 0. The topological polar surface area (TPSA) is 57.6 Å². The van der Waals surface area contributed by atoms with Crippen LogP contribution in [-0.2, 0) is 9.59 Å². The summed E-state index contributed by atoms with van der Waals surface area (Å²) in [6.45, 7) is -0.265. The van der Waals surface area contributed by atoms with Gasteiger partial charge in [0.05, 0.1) is 0 Å². The Morgan fingerprint density at radius 2 is 1.57 bits per heavy atom. The van der Waals surface area contributed by atoms with Crippen molar-refractivity contribution in [3.8, 4) is 0 Å². The lowest BCUT2D eigenvalue weighted by atomic mass is 9.90. The molecule has 0 spiro atoms. The molecule has 0 aliphatic heterocycles. The lowest BCUT2D eigenvalue weighted by molar-refractivity contribution is -0.137. The van der Waals surface area contributed by atoms with E-state index in [1.54, 1.807) is 12.1 Å². The highest BCUT2D eigenvalue weighted by Crippen LogP contribution is 2.26. The third-order valence-corrected chi connectivity index (χ3v) is 4.08. The summed E-state index contributed by atoms with van der Waals surface area (Å²) >= 11 is 0. The Morgan fingerprint density at radius 1 is 1.00 bits per heavy atom. The maximum absolute atomic E-state index is 12.8. The van der Waals surface area contributed by atoms with Crippen LogP contribution in [0.2, 0.25) is 0 Å². The molecule has 0 radical (unpaired) electrons. The van der Waals surface area contributed by atoms with Crippen LogP contribution in [0.15, 0.2) is 30.3 Å². The molecule has 21 heavy (non-hydrogen) atoms. The molecule has 1 fully saturated rings. The molecule has 1 amide bonds. The molecule has 1 aliphatic carbocycles. The molecule has 0 bridgehead atoms. The van der Waals surface area contributed by atoms with E-state index in [1.165, 1.54) is 24.2 Å². The van der Waals surface area contributed by atoms with Crippen molar-refractivity contribution in [3.05, 3.63) is 30.3 Å². The number of benzene rings is 1. The van der Waals surface area contributed by atoms with Gasteiger partial charge in [-0.05, 0) is 25.0 Å². The first kappa shape index (κ1) is 15.5. The molecular weight excluding hydrogens is 266 g/mol. The normalized spacial score (nSPS) is 16.8. The molecule has 1 aliphatic rings. The minimum Gasteiger partial charge on any atom is -0.480 e. The van der Waals surface area contributed by atoms with Gasteiger partial charge < -0.3 is 10.0 Å². The van der Waals surface area contributed by atoms with Gasteiger partial charge in [-0.3, -0.25) is 9.59 Å². The third-order valence-electron chi connectivity index (χ3n) is 4.08. The second-order valence-electron chi connectivity index (χ2n) is 5.70. The summed E-state index contributed by atoms with van der Waals surface area (Å²) in [4.78, 5) is 25.3.